The average molecular weight is 248 g/mol. The van der Waals surface area contributed by atoms with Crippen molar-refractivity contribution in [3.63, 3.8) is 0 Å². The topological polar surface area (TPSA) is 62.2 Å². The maximum absolute atomic E-state index is 10.7. The Bertz CT molecular complexity index is 383. The summed E-state index contributed by atoms with van der Waals surface area (Å²) >= 11 is 0. The summed E-state index contributed by atoms with van der Waals surface area (Å²) in [6.45, 7) is 0.921. The third-order valence-corrected chi connectivity index (χ3v) is 3.59. The zero-order valence-corrected chi connectivity index (χ0v) is 10.6. The van der Waals surface area contributed by atoms with Crippen LogP contribution < -0.4 is 5.32 Å². The molecule has 98 valence electrons. The van der Waals surface area contributed by atoms with Crippen LogP contribution >= 0.6 is 0 Å². The molecule has 1 aromatic rings. The van der Waals surface area contributed by atoms with Gasteiger partial charge in [-0.1, -0.05) is 32.1 Å². The van der Waals surface area contributed by atoms with Crippen molar-refractivity contribution in [1.29, 1.82) is 0 Å². The molecular formula is C14H20N2O2. The molecular weight excluding hydrogens is 228 g/mol. The van der Waals surface area contributed by atoms with Crippen LogP contribution in [-0.4, -0.2) is 22.6 Å². The summed E-state index contributed by atoms with van der Waals surface area (Å²) in [5.41, 5.74) is 0.229. The molecule has 4 heteroatoms. The van der Waals surface area contributed by atoms with Crippen molar-refractivity contribution in [3.8, 4) is 0 Å². The largest absolute Gasteiger partial charge is 0.478 e. The van der Waals surface area contributed by atoms with Crippen LogP contribution in [0, 0.1) is 5.92 Å². The molecule has 18 heavy (non-hydrogen) atoms. The molecule has 0 amide bonds. The number of rotatable bonds is 5. The lowest BCUT2D eigenvalue weighted by molar-refractivity contribution is 0.0696. The molecule has 2 N–H and O–H groups in total. The van der Waals surface area contributed by atoms with Crippen molar-refractivity contribution in [3.05, 3.63) is 23.9 Å². The van der Waals surface area contributed by atoms with Gasteiger partial charge in [0, 0.05) is 12.7 Å². The Morgan fingerprint density at radius 3 is 2.72 bits per heavy atom. The molecule has 0 saturated heterocycles. The van der Waals surface area contributed by atoms with E-state index in [0.29, 0.717) is 0 Å². The number of anilines is 1. The summed E-state index contributed by atoms with van der Waals surface area (Å²) in [5.74, 6) is 0.677. The predicted molar refractivity (Wildman–Crippen MR) is 70.9 cm³/mol. The van der Waals surface area contributed by atoms with Gasteiger partial charge in [-0.3, -0.25) is 0 Å². The molecule has 1 fully saturated rings. The van der Waals surface area contributed by atoms with Gasteiger partial charge in [-0.15, -0.1) is 0 Å². The fourth-order valence-corrected chi connectivity index (χ4v) is 2.51. The zero-order valence-electron chi connectivity index (χ0n) is 10.6. The normalized spacial score (nSPS) is 16.4. The van der Waals surface area contributed by atoms with Crippen molar-refractivity contribution >= 4 is 11.8 Å². The molecule has 0 aromatic carbocycles. The van der Waals surface area contributed by atoms with E-state index >= 15 is 0 Å². The monoisotopic (exact) mass is 248 g/mol. The number of hydrogen-bond donors (Lipinski definition) is 2. The molecule has 1 heterocycles. The fraction of sp³-hybridized carbons (Fsp3) is 0.571. The Kier molecular flexibility index (Phi) is 4.56. The second kappa shape index (κ2) is 6.38. The maximum Gasteiger partial charge on any atom is 0.337 e. The van der Waals surface area contributed by atoms with Crippen molar-refractivity contribution < 1.29 is 9.90 Å². The highest BCUT2D eigenvalue weighted by Crippen LogP contribution is 2.26. The van der Waals surface area contributed by atoms with Gasteiger partial charge < -0.3 is 10.4 Å². The van der Waals surface area contributed by atoms with Crippen molar-refractivity contribution in [2.75, 3.05) is 11.9 Å². The van der Waals surface area contributed by atoms with E-state index in [4.69, 9.17) is 5.11 Å². The van der Waals surface area contributed by atoms with Gasteiger partial charge in [-0.05, 0) is 24.5 Å². The van der Waals surface area contributed by atoms with Gasteiger partial charge in [0.05, 0.1) is 5.56 Å². The minimum absolute atomic E-state index is 0.229. The SMILES string of the molecule is O=C(O)c1ccc(NCCC2CCCCC2)nc1. The molecule has 1 saturated carbocycles. The summed E-state index contributed by atoms with van der Waals surface area (Å²) in [5, 5.41) is 12.0. The molecule has 0 aliphatic heterocycles. The highest BCUT2D eigenvalue weighted by atomic mass is 16.4. The van der Waals surface area contributed by atoms with Crippen LogP contribution in [-0.2, 0) is 0 Å². The van der Waals surface area contributed by atoms with E-state index < -0.39 is 5.97 Å². The Labute approximate surface area is 107 Å². The van der Waals surface area contributed by atoms with E-state index in [9.17, 15) is 4.79 Å². The zero-order chi connectivity index (χ0) is 12.8. The van der Waals surface area contributed by atoms with E-state index in [2.05, 4.69) is 10.3 Å². The fourth-order valence-electron chi connectivity index (χ4n) is 2.51. The number of hydrogen-bond acceptors (Lipinski definition) is 3. The summed E-state index contributed by atoms with van der Waals surface area (Å²) in [6, 6.07) is 3.31. The molecule has 1 aliphatic carbocycles. The van der Waals surface area contributed by atoms with Crippen LogP contribution in [0.4, 0.5) is 5.82 Å². The Balaban J connectivity index is 1.74. The van der Waals surface area contributed by atoms with E-state index in [1.165, 1.54) is 44.7 Å². The second-order valence-corrected chi connectivity index (χ2v) is 4.96. The molecule has 1 aliphatic rings. The van der Waals surface area contributed by atoms with Crippen molar-refractivity contribution in [1.82, 2.24) is 4.98 Å². The van der Waals surface area contributed by atoms with Crippen LogP contribution in [0.2, 0.25) is 0 Å². The summed E-state index contributed by atoms with van der Waals surface area (Å²) in [7, 11) is 0. The molecule has 2 rings (SSSR count). The van der Waals surface area contributed by atoms with Gasteiger partial charge in [0.1, 0.15) is 5.82 Å². The third kappa shape index (κ3) is 3.72. The van der Waals surface area contributed by atoms with Crippen molar-refractivity contribution in [2.24, 2.45) is 5.92 Å². The Morgan fingerprint density at radius 1 is 1.33 bits per heavy atom. The number of carbonyl (C=O) groups is 1. The first kappa shape index (κ1) is 12.9. The molecule has 0 atom stereocenters. The van der Waals surface area contributed by atoms with Gasteiger partial charge in [0.25, 0.3) is 0 Å². The number of pyridine rings is 1. The lowest BCUT2D eigenvalue weighted by Crippen LogP contribution is -2.12. The van der Waals surface area contributed by atoms with Crippen LogP contribution in [0.25, 0.3) is 0 Å². The lowest BCUT2D eigenvalue weighted by Gasteiger charge is -2.21. The molecule has 0 radical (unpaired) electrons. The highest BCUT2D eigenvalue weighted by Gasteiger charge is 2.12. The number of carboxylic acids is 1. The smallest absolute Gasteiger partial charge is 0.337 e. The van der Waals surface area contributed by atoms with Crippen LogP contribution in [0.3, 0.4) is 0 Å². The third-order valence-electron chi connectivity index (χ3n) is 3.59. The summed E-state index contributed by atoms with van der Waals surface area (Å²) < 4.78 is 0. The lowest BCUT2D eigenvalue weighted by atomic mass is 9.87. The number of nitrogens with one attached hydrogen (secondary N) is 1. The molecule has 0 spiro atoms. The second-order valence-electron chi connectivity index (χ2n) is 4.96. The summed E-state index contributed by atoms with van der Waals surface area (Å²) in [6.07, 6.45) is 9.42. The Morgan fingerprint density at radius 2 is 2.11 bits per heavy atom. The molecule has 0 bridgehead atoms. The number of carboxylic acid groups (broad SMARTS) is 1. The van der Waals surface area contributed by atoms with Gasteiger partial charge in [0.15, 0.2) is 0 Å². The van der Waals surface area contributed by atoms with Gasteiger partial charge in [-0.2, -0.15) is 0 Å². The first-order chi connectivity index (χ1) is 8.75. The average Bonchev–Trinajstić information content (AvgIpc) is 2.40. The molecule has 0 unspecified atom stereocenters. The number of nitrogens with zero attached hydrogens (tertiary/aromatic N) is 1. The molecule has 4 nitrogen and oxygen atoms in total. The minimum Gasteiger partial charge on any atom is -0.478 e. The first-order valence-corrected chi connectivity index (χ1v) is 6.69. The van der Waals surface area contributed by atoms with Crippen LogP contribution in [0.5, 0.6) is 0 Å². The molecule has 1 aromatic heterocycles. The van der Waals surface area contributed by atoms with Crippen LogP contribution in [0.15, 0.2) is 18.3 Å². The number of aromatic carboxylic acids is 1. The van der Waals surface area contributed by atoms with E-state index in [1.807, 2.05) is 0 Å². The van der Waals surface area contributed by atoms with Gasteiger partial charge in [0.2, 0.25) is 0 Å². The quantitative estimate of drug-likeness (QED) is 0.840. The summed E-state index contributed by atoms with van der Waals surface area (Å²) in [4.78, 5) is 14.8. The van der Waals surface area contributed by atoms with Gasteiger partial charge >= 0.3 is 5.97 Å². The van der Waals surface area contributed by atoms with Crippen LogP contribution in [0.1, 0.15) is 48.9 Å². The van der Waals surface area contributed by atoms with E-state index in [1.54, 1.807) is 12.1 Å². The first-order valence-electron chi connectivity index (χ1n) is 6.69. The van der Waals surface area contributed by atoms with E-state index in [-0.39, 0.29) is 5.56 Å². The highest BCUT2D eigenvalue weighted by molar-refractivity contribution is 5.87. The standard InChI is InChI=1S/C14H20N2O2/c17-14(18)12-6-7-13(16-10-12)15-9-8-11-4-2-1-3-5-11/h6-7,10-11H,1-5,8-9H2,(H,15,16)(H,17,18). The van der Waals surface area contributed by atoms with Crippen molar-refractivity contribution in [2.45, 2.75) is 38.5 Å². The predicted octanol–water partition coefficient (Wildman–Crippen LogP) is 3.16. The van der Waals surface area contributed by atoms with E-state index in [0.717, 1.165) is 18.3 Å². The number of aromatic nitrogens is 1. The van der Waals surface area contributed by atoms with Gasteiger partial charge in [-0.25, -0.2) is 9.78 Å². The Hall–Kier alpha value is -1.58. The minimum atomic E-state index is -0.934. The maximum atomic E-state index is 10.7.